The van der Waals surface area contributed by atoms with Gasteiger partial charge in [0.05, 0.1) is 40.9 Å². The lowest BCUT2D eigenvalue weighted by Gasteiger charge is -2.09. The van der Waals surface area contributed by atoms with Gasteiger partial charge in [0.2, 0.25) is 0 Å². The molecule has 0 aromatic carbocycles. The molecular weight excluding hydrogens is 744 g/mol. The van der Waals surface area contributed by atoms with Gasteiger partial charge in [0, 0.05) is 21.0 Å². The predicted molar refractivity (Wildman–Crippen MR) is 150 cm³/mol. The Morgan fingerprint density at radius 2 is 1.24 bits per heavy atom. The van der Waals surface area contributed by atoms with E-state index in [1.54, 1.807) is 16.7 Å². The van der Waals surface area contributed by atoms with Crippen molar-refractivity contribution in [2.24, 2.45) is 0 Å². The van der Waals surface area contributed by atoms with E-state index < -0.39 is 5.97 Å². The highest BCUT2D eigenvalue weighted by Crippen LogP contribution is 2.36. The van der Waals surface area contributed by atoms with Crippen LogP contribution in [0.5, 0.6) is 17.2 Å². The molecule has 0 unspecified atom stereocenters. The number of unbranched alkanes of at least 4 members (excludes halogenated alkanes) is 1. The van der Waals surface area contributed by atoms with Crippen LogP contribution < -0.4 is 9.47 Å². The predicted octanol–water partition coefficient (Wildman–Crippen LogP) is 7.09. The zero-order chi connectivity index (χ0) is 28.0. The van der Waals surface area contributed by atoms with E-state index >= 15 is 0 Å². The van der Waals surface area contributed by atoms with E-state index in [1.165, 1.54) is 25.6 Å². The third-order valence-electron chi connectivity index (χ3n) is 4.07. The molecule has 0 amide bonds. The number of aromatic hydroxyl groups is 1. The second-order valence-electron chi connectivity index (χ2n) is 6.44. The summed E-state index contributed by atoms with van der Waals surface area (Å²) in [6, 6.07) is 0. The Hall–Kier alpha value is -1.74. The van der Waals surface area contributed by atoms with Gasteiger partial charge in [-0.3, -0.25) is 0 Å². The van der Waals surface area contributed by atoms with E-state index in [0.717, 1.165) is 43.8 Å². The number of thiophene rings is 3. The summed E-state index contributed by atoms with van der Waals surface area (Å²) in [5.41, 5.74) is 0. The number of esters is 2. The first-order valence-corrected chi connectivity index (χ1v) is 15.0. The van der Waals surface area contributed by atoms with E-state index in [9.17, 15) is 14.7 Å². The Bertz CT molecular complexity index is 1180. The van der Waals surface area contributed by atoms with Crippen LogP contribution in [-0.2, 0) is 19.1 Å². The van der Waals surface area contributed by atoms with Gasteiger partial charge in [0.25, 0.3) is 0 Å². The van der Waals surface area contributed by atoms with Crippen LogP contribution in [0, 0.1) is 6.92 Å². The zero-order valence-electron chi connectivity index (χ0n) is 19.6. The minimum atomic E-state index is -0.516. The lowest BCUT2D eigenvalue weighted by Crippen LogP contribution is -2.06. The Balaban J connectivity index is 0.000000406. The van der Waals surface area contributed by atoms with Crippen molar-refractivity contribution in [2.45, 2.75) is 19.8 Å². The molecule has 0 saturated carbocycles. The molecule has 0 atom stereocenters. The molecule has 1 N–H and O–H groups in total. The molecule has 0 radical (unpaired) electrons. The standard InChI is InChI=1S/C15H16Br2O4S2.C6H5BrO3S.CO2/c1-9-12(10(16)7-22-9)20-5-3-4-6-21-13-11(17)8-23-14(13)15(18)19-2;1-10-6(9)5-4(8)3(7)2-11-5;2-1-3/h7-8H,3-6H2,1-2H3;2,8H,1H3;. The van der Waals surface area contributed by atoms with Crippen LogP contribution in [0.4, 0.5) is 0 Å². The number of halogens is 3. The van der Waals surface area contributed by atoms with E-state index in [1.807, 2.05) is 17.7 Å². The topological polar surface area (TPSA) is 125 Å². The number of ether oxygens (including phenoxy) is 4. The lowest BCUT2D eigenvalue weighted by atomic mass is 10.3. The van der Waals surface area contributed by atoms with Gasteiger partial charge in [-0.25, -0.2) is 9.59 Å². The molecule has 202 valence electrons. The maximum atomic E-state index is 11.6. The van der Waals surface area contributed by atoms with Crippen molar-refractivity contribution in [1.29, 1.82) is 0 Å². The van der Waals surface area contributed by atoms with Gasteiger partial charge in [-0.05, 0) is 67.6 Å². The van der Waals surface area contributed by atoms with Gasteiger partial charge in [0.1, 0.15) is 5.75 Å². The van der Waals surface area contributed by atoms with Crippen molar-refractivity contribution in [1.82, 2.24) is 0 Å². The molecule has 0 fully saturated rings. The van der Waals surface area contributed by atoms with Crippen LogP contribution in [0.25, 0.3) is 0 Å². The molecule has 9 nitrogen and oxygen atoms in total. The SMILES string of the molecule is COC(=O)c1scc(Br)c1O.COC(=O)c1scc(Br)c1OCCCCOc1c(Br)csc1C.O=C=O. The third-order valence-corrected chi connectivity index (χ3v) is 9.55. The van der Waals surface area contributed by atoms with Crippen molar-refractivity contribution < 1.29 is 43.2 Å². The summed E-state index contributed by atoms with van der Waals surface area (Å²) in [4.78, 5) is 40.6. The highest BCUT2D eigenvalue weighted by molar-refractivity contribution is 9.11. The molecule has 0 saturated heterocycles. The monoisotopic (exact) mass is 762 g/mol. The fourth-order valence-electron chi connectivity index (χ4n) is 2.40. The van der Waals surface area contributed by atoms with Crippen molar-refractivity contribution >= 4 is 99.9 Å². The summed E-state index contributed by atoms with van der Waals surface area (Å²) in [5.74, 6) is 0.528. The van der Waals surface area contributed by atoms with Crippen LogP contribution in [-0.4, -0.2) is 50.6 Å². The minimum Gasteiger partial charge on any atom is -0.505 e. The smallest absolute Gasteiger partial charge is 0.373 e. The second kappa shape index (κ2) is 17.7. The molecule has 15 heteroatoms. The molecule has 0 aliphatic heterocycles. The van der Waals surface area contributed by atoms with Crippen molar-refractivity contribution in [2.75, 3.05) is 27.4 Å². The first-order valence-electron chi connectivity index (χ1n) is 10.0. The molecule has 0 bridgehead atoms. The quantitative estimate of drug-likeness (QED) is 0.180. The van der Waals surface area contributed by atoms with E-state index in [4.69, 9.17) is 23.8 Å². The summed E-state index contributed by atoms with van der Waals surface area (Å²) in [6.45, 7) is 3.19. The van der Waals surface area contributed by atoms with E-state index in [-0.39, 0.29) is 22.7 Å². The number of hydrogen-bond donors (Lipinski definition) is 1. The Kier molecular flexibility index (Phi) is 15.9. The van der Waals surface area contributed by atoms with Crippen LogP contribution in [0.2, 0.25) is 0 Å². The maximum absolute atomic E-state index is 11.6. The maximum Gasteiger partial charge on any atom is 0.373 e. The van der Waals surface area contributed by atoms with Crippen LogP contribution in [0.1, 0.15) is 37.1 Å². The van der Waals surface area contributed by atoms with Gasteiger partial charge in [-0.15, -0.1) is 34.0 Å². The second-order valence-corrected chi connectivity index (χ2v) is 11.8. The Morgan fingerprint density at radius 1 is 0.811 bits per heavy atom. The summed E-state index contributed by atoms with van der Waals surface area (Å²) < 4.78 is 22.9. The van der Waals surface area contributed by atoms with E-state index in [2.05, 4.69) is 52.5 Å². The first-order chi connectivity index (χ1) is 17.6. The third kappa shape index (κ3) is 10.5. The van der Waals surface area contributed by atoms with Crippen LogP contribution in [0.3, 0.4) is 0 Å². The molecule has 37 heavy (non-hydrogen) atoms. The lowest BCUT2D eigenvalue weighted by molar-refractivity contribution is -0.191. The molecular formula is C22H21Br3O9S3. The highest BCUT2D eigenvalue weighted by Gasteiger charge is 2.19. The number of rotatable bonds is 9. The van der Waals surface area contributed by atoms with Gasteiger partial charge >= 0.3 is 18.1 Å². The number of methoxy groups -OCH3 is 2. The summed E-state index contributed by atoms with van der Waals surface area (Å²) >= 11 is 14.0. The molecule has 3 aromatic heterocycles. The first kappa shape index (κ1) is 33.3. The average Bonchev–Trinajstić information content (AvgIpc) is 3.53. The molecule has 0 aliphatic carbocycles. The zero-order valence-corrected chi connectivity index (χ0v) is 26.8. The molecule has 0 aliphatic rings. The summed E-state index contributed by atoms with van der Waals surface area (Å²) in [6.07, 6.45) is 1.96. The van der Waals surface area contributed by atoms with Gasteiger partial charge in [0.15, 0.2) is 21.3 Å². The summed E-state index contributed by atoms with van der Waals surface area (Å²) in [7, 11) is 2.64. The molecule has 3 heterocycles. The average molecular weight is 765 g/mol. The largest absolute Gasteiger partial charge is 0.505 e. The van der Waals surface area contributed by atoms with Gasteiger partial charge in [-0.1, -0.05) is 0 Å². The Morgan fingerprint density at radius 3 is 1.70 bits per heavy atom. The minimum absolute atomic E-state index is 0.0538. The number of carbonyl (C=O) groups is 2. The highest BCUT2D eigenvalue weighted by atomic mass is 79.9. The molecule has 0 spiro atoms. The van der Waals surface area contributed by atoms with Crippen molar-refractivity contribution in [3.8, 4) is 17.2 Å². The van der Waals surface area contributed by atoms with Crippen molar-refractivity contribution in [3.63, 3.8) is 0 Å². The molecule has 3 aromatic rings. The Labute approximate surface area is 250 Å². The van der Waals surface area contributed by atoms with Crippen LogP contribution >= 0.6 is 81.8 Å². The molecule has 3 rings (SSSR count). The number of aryl methyl sites for hydroxylation is 1. The number of carbonyl (C=O) groups excluding carboxylic acids is 4. The fourth-order valence-corrected chi connectivity index (χ4v) is 6.74. The van der Waals surface area contributed by atoms with Crippen LogP contribution in [0.15, 0.2) is 29.6 Å². The van der Waals surface area contributed by atoms with Gasteiger partial charge < -0.3 is 24.1 Å². The van der Waals surface area contributed by atoms with E-state index in [0.29, 0.717) is 28.3 Å². The van der Waals surface area contributed by atoms with Crippen molar-refractivity contribution in [3.05, 3.63) is 44.2 Å². The summed E-state index contributed by atoms with van der Waals surface area (Å²) in [5, 5.41) is 14.7. The normalized spacial score (nSPS) is 9.68. The fraction of sp³-hybridized carbons (Fsp3) is 0.318. The number of hydrogen-bond acceptors (Lipinski definition) is 12. The van der Waals surface area contributed by atoms with Gasteiger partial charge in [-0.2, -0.15) is 9.59 Å².